The minimum absolute atomic E-state index is 0.220. The maximum atomic E-state index is 12.4. The highest BCUT2D eigenvalue weighted by molar-refractivity contribution is 6.07. The molecule has 0 saturated carbocycles. The average Bonchev–Trinajstić information content (AvgIpc) is 2.93. The number of carbonyl (C=O) groups excluding carboxylic acids is 4. The fraction of sp³-hybridized carbons (Fsp3) is 0.455. The van der Waals surface area contributed by atoms with E-state index in [1.54, 1.807) is 0 Å². The van der Waals surface area contributed by atoms with Crippen LogP contribution in [0.15, 0.2) is 30.4 Å². The van der Waals surface area contributed by atoms with Crippen LogP contribution in [-0.4, -0.2) is 41.7 Å². The molecule has 1 aliphatic heterocycles. The number of para-hydroxylation sites is 1. The number of aryl methyl sites for hydroxylation is 1. The number of allylic oxidation sites excluding steroid dienone is 2. The van der Waals surface area contributed by atoms with E-state index in [-0.39, 0.29) is 29.6 Å². The van der Waals surface area contributed by atoms with Gasteiger partial charge in [0, 0.05) is 5.69 Å². The van der Waals surface area contributed by atoms with Crippen molar-refractivity contribution in [3.63, 3.8) is 0 Å². The molecule has 1 aromatic carbocycles. The molecule has 1 N–H and O–H groups in total. The van der Waals surface area contributed by atoms with E-state index in [2.05, 4.69) is 5.32 Å². The summed E-state index contributed by atoms with van der Waals surface area (Å²) in [6, 6.07) is 5.77. The third-order valence-electron chi connectivity index (χ3n) is 5.44. The number of amides is 3. The number of benzene rings is 1. The van der Waals surface area contributed by atoms with E-state index in [1.165, 1.54) is 0 Å². The maximum absolute atomic E-state index is 12.4. The number of rotatable bonds is 6. The van der Waals surface area contributed by atoms with Crippen LogP contribution in [-0.2, 0) is 23.9 Å². The lowest BCUT2D eigenvalue weighted by atomic mass is 9.85. The lowest BCUT2D eigenvalue weighted by Crippen LogP contribution is -2.37. The average molecular weight is 398 g/mol. The van der Waals surface area contributed by atoms with Gasteiger partial charge in [0.2, 0.25) is 11.8 Å². The molecule has 1 heterocycles. The van der Waals surface area contributed by atoms with Crippen molar-refractivity contribution in [2.45, 2.75) is 39.5 Å². The van der Waals surface area contributed by atoms with Crippen molar-refractivity contribution in [3.8, 4) is 0 Å². The third kappa shape index (κ3) is 4.39. The van der Waals surface area contributed by atoms with Gasteiger partial charge in [0.15, 0.2) is 6.61 Å². The molecule has 0 unspecified atom stereocenters. The normalized spacial score (nSPS) is 20.8. The zero-order valence-corrected chi connectivity index (χ0v) is 16.9. The predicted molar refractivity (Wildman–Crippen MR) is 107 cm³/mol. The molecule has 29 heavy (non-hydrogen) atoms. The number of ether oxygens (including phenoxy) is 1. The van der Waals surface area contributed by atoms with Crippen molar-refractivity contribution in [3.05, 3.63) is 41.5 Å². The summed E-state index contributed by atoms with van der Waals surface area (Å²) in [6.45, 7) is 5.02. The Balaban J connectivity index is 1.55. The summed E-state index contributed by atoms with van der Waals surface area (Å²) in [5.74, 6) is -2.48. The van der Waals surface area contributed by atoms with E-state index < -0.39 is 25.0 Å². The molecule has 3 rings (SSSR count). The molecule has 1 fully saturated rings. The molecule has 1 saturated heterocycles. The maximum Gasteiger partial charge on any atom is 0.326 e. The van der Waals surface area contributed by atoms with Crippen LogP contribution in [0.4, 0.5) is 5.69 Å². The Labute approximate surface area is 170 Å². The highest BCUT2D eigenvalue weighted by Gasteiger charge is 2.47. The molecule has 1 aliphatic carbocycles. The summed E-state index contributed by atoms with van der Waals surface area (Å²) in [4.78, 5) is 50.1. The van der Waals surface area contributed by atoms with Gasteiger partial charge >= 0.3 is 5.97 Å². The van der Waals surface area contributed by atoms with Gasteiger partial charge in [-0.05, 0) is 36.8 Å². The lowest BCUT2D eigenvalue weighted by Gasteiger charge is -2.17. The first-order chi connectivity index (χ1) is 13.8. The molecule has 0 aromatic heterocycles. The van der Waals surface area contributed by atoms with Crippen molar-refractivity contribution in [1.82, 2.24) is 4.90 Å². The largest absolute Gasteiger partial charge is 0.454 e. The molecule has 7 nitrogen and oxygen atoms in total. The number of carbonyl (C=O) groups is 4. The summed E-state index contributed by atoms with van der Waals surface area (Å²) in [5.41, 5.74) is 2.62. The molecule has 0 spiro atoms. The van der Waals surface area contributed by atoms with Crippen LogP contribution < -0.4 is 5.32 Å². The number of fused-ring (bicyclic) bond motifs is 1. The smallest absolute Gasteiger partial charge is 0.326 e. The van der Waals surface area contributed by atoms with Crippen LogP contribution in [0.25, 0.3) is 0 Å². The first kappa shape index (κ1) is 20.8. The van der Waals surface area contributed by atoms with Crippen molar-refractivity contribution < 1.29 is 23.9 Å². The van der Waals surface area contributed by atoms with Gasteiger partial charge in [0.25, 0.3) is 5.91 Å². The van der Waals surface area contributed by atoms with Gasteiger partial charge in [-0.25, -0.2) is 0 Å². The van der Waals surface area contributed by atoms with Crippen molar-refractivity contribution >= 4 is 29.4 Å². The van der Waals surface area contributed by atoms with Gasteiger partial charge in [-0.1, -0.05) is 44.2 Å². The Kier molecular flexibility index (Phi) is 6.15. The number of imide groups is 1. The second-order valence-corrected chi connectivity index (χ2v) is 7.82. The molecular formula is C22H26N2O5. The minimum atomic E-state index is -0.776. The monoisotopic (exact) mass is 398 g/mol. The predicted octanol–water partition coefficient (Wildman–Crippen LogP) is 2.55. The molecule has 3 amide bonds. The van der Waals surface area contributed by atoms with Crippen LogP contribution >= 0.6 is 0 Å². The quantitative estimate of drug-likeness (QED) is 0.452. The number of anilines is 1. The van der Waals surface area contributed by atoms with Gasteiger partial charge < -0.3 is 10.1 Å². The SMILES string of the molecule is Cc1cccc(C(C)C)c1NC(=O)COC(=O)CN1C(=O)[C@@H]2CC=CC[C@H]2C1=O. The van der Waals surface area contributed by atoms with Crippen LogP contribution in [0.3, 0.4) is 0 Å². The van der Waals surface area contributed by atoms with Crippen molar-refractivity contribution in [2.24, 2.45) is 11.8 Å². The zero-order valence-electron chi connectivity index (χ0n) is 16.9. The van der Waals surface area contributed by atoms with E-state index >= 15 is 0 Å². The van der Waals surface area contributed by atoms with Gasteiger partial charge in [-0.2, -0.15) is 0 Å². The standard InChI is InChI=1S/C22H26N2O5/c1-13(2)15-10-6-7-14(3)20(15)23-18(25)12-29-19(26)11-24-21(27)16-8-4-5-9-17(16)22(24)28/h4-7,10,13,16-17H,8-9,11-12H2,1-3H3,(H,23,25)/t16-,17-/m1/s1. The van der Waals surface area contributed by atoms with Crippen molar-refractivity contribution in [1.29, 1.82) is 0 Å². The second-order valence-electron chi connectivity index (χ2n) is 7.82. The number of nitrogens with one attached hydrogen (secondary N) is 1. The molecule has 1 aromatic rings. The van der Waals surface area contributed by atoms with Crippen LogP contribution in [0.1, 0.15) is 43.7 Å². The Bertz CT molecular complexity index is 848. The number of hydrogen-bond donors (Lipinski definition) is 1. The molecule has 7 heteroatoms. The molecule has 0 bridgehead atoms. The van der Waals surface area contributed by atoms with E-state index in [9.17, 15) is 19.2 Å². The Morgan fingerprint density at radius 3 is 2.34 bits per heavy atom. The summed E-state index contributed by atoms with van der Waals surface area (Å²) in [5, 5.41) is 2.80. The third-order valence-corrected chi connectivity index (χ3v) is 5.44. The van der Waals surface area contributed by atoms with Crippen LogP contribution in [0.5, 0.6) is 0 Å². The molecule has 2 aliphatic rings. The fourth-order valence-electron chi connectivity index (χ4n) is 3.86. The molecule has 2 atom stereocenters. The molecular weight excluding hydrogens is 372 g/mol. The summed E-state index contributed by atoms with van der Waals surface area (Å²) in [7, 11) is 0. The Hall–Kier alpha value is -2.96. The van der Waals surface area contributed by atoms with Crippen LogP contribution in [0, 0.1) is 18.8 Å². The first-order valence-electron chi connectivity index (χ1n) is 9.84. The highest BCUT2D eigenvalue weighted by atomic mass is 16.5. The van der Waals surface area contributed by atoms with Gasteiger partial charge in [-0.3, -0.25) is 24.1 Å². The molecule has 0 radical (unpaired) electrons. The summed E-state index contributed by atoms with van der Waals surface area (Å²) in [6.07, 6.45) is 4.79. The molecule has 154 valence electrons. The second kappa shape index (κ2) is 8.59. The van der Waals surface area contributed by atoms with E-state index in [0.29, 0.717) is 18.5 Å². The van der Waals surface area contributed by atoms with Crippen LogP contribution in [0.2, 0.25) is 0 Å². The zero-order chi connectivity index (χ0) is 21.1. The number of hydrogen-bond acceptors (Lipinski definition) is 5. The summed E-state index contributed by atoms with van der Waals surface area (Å²) >= 11 is 0. The topological polar surface area (TPSA) is 92.8 Å². The number of likely N-dealkylation sites (tertiary alicyclic amines) is 1. The van der Waals surface area contributed by atoms with Gasteiger partial charge in [-0.15, -0.1) is 0 Å². The first-order valence-corrected chi connectivity index (χ1v) is 9.84. The van der Waals surface area contributed by atoms with Gasteiger partial charge in [0.05, 0.1) is 11.8 Å². The Morgan fingerprint density at radius 2 is 1.76 bits per heavy atom. The number of nitrogens with zero attached hydrogens (tertiary/aromatic N) is 1. The van der Waals surface area contributed by atoms with E-state index in [4.69, 9.17) is 4.74 Å². The fourth-order valence-corrected chi connectivity index (χ4v) is 3.86. The number of esters is 1. The highest BCUT2D eigenvalue weighted by Crippen LogP contribution is 2.34. The van der Waals surface area contributed by atoms with E-state index in [1.807, 2.05) is 51.1 Å². The van der Waals surface area contributed by atoms with E-state index in [0.717, 1.165) is 16.0 Å². The van der Waals surface area contributed by atoms with Gasteiger partial charge in [0.1, 0.15) is 6.54 Å². The lowest BCUT2D eigenvalue weighted by molar-refractivity contribution is -0.154. The minimum Gasteiger partial charge on any atom is -0.454 e. The summed E-state index contributed by atoms with van der Waals surface area (Å²) < 4.78 is 5.02. The van der Waals surface area contributed by atoms with Crippen molar-refractivity contribution in [2.75, 3.05) is 18.5 Å². The Morgan fingerprint density at radius 1 is 1.14 bits per heavy atom.